The molecule has 0 unspecified atom stereocenters. The molecule has 0 nitrogen and oxygen atoms in total. The van der Waals surface area contributed by atoms with E-state index in [4.69, 9.17) is 0 Å². The van der Waals surface area contributed by atoms with Crippen molar-refractivity contribution in [3.8, 4) is 0 Å². The van der Waals surface area contributed by atoms with E-state index < -0.39 is 0 Å². The number of rotatable bonds is 0. The van der Waals surface area contributed by atoms with E-state index in [0.29, 0.717) is 16.2 Å². The van der Waals surface area contributed by atoms with Gasteiger partial charge in [-0.1, -0.05) is 79.5 Å². The largest absolute Gasteiger partial charge is 1.00 e. The molecule has 0 bridgehead atoms. The SMILES string of the molecule is CC(C)(C)[C]1[P][C](C(C)(C)C)[C](C(C)(C)C)[P]1.[Na+]. The van der Waals surface area contributed by atoms with Gasteiger partial charge < -0.3 is 0 Å². The van der Waals surface area contributed by atoms with Crippen molar-refractivity contribution in [3.63, 3.8) is 0 Å². The molecule has 0 aromatic carbocycles. The van der Waals surface area contributed by atoms with Crippen molar-refractivity contribution in [1.82, 2.24) is 0 Å². The standard InChI is InChI=1S/C15H27P2.Na/c1-13(2,3)10-11(14(4,5)6)17-12(16-10)15(7,8)9;/h1-9H3;/q;+1. The quantitative estimate of drug-likeness (QED) is 0.473. The van der Waals surface area contributed by atoms with Crippen molar-refractivity contribution >= 4 is 17.2 Å². The minimum absolute atomic E-state index is 0. The first-order valence-corrected chi connectivity index (χ1v) is 8.18. The minimum Gasteiger partial charge on any atom is -0.0592 e. The van der Waals surface area contributed by atoms with E-state index in [0.717, 1.165) is 0 Å². The number of hydrogen-bond donors (Lipinski definition) is 0. The first-order chi connectivity index (χ1) is 7.33. The summed E-state index contributed by atoms with van der Waals surface area (Å²) in [6.07, 6.45) is 0. The second kappa shape index (κ2) is 6.32. The molecule has 1 fully saturated rings. The van der Waals surface area contributed by atoms with Gasteiger partial charge in [0.2, 0.25) is 0 Å². The zero-order valence-corrected chi connectivity index (χ0v) is 17.7. The molecule has 18 heavy (non-hydrogen) atoms. The van der Waals surface area contributed by atoms with Crippen LogP contribution in [0, 0.1) is 33.0 Å². The Morgan fingerprint density at radius 1 is 0.556 bits per heavy atom. The average molecular weight is 292 g/mol. The predicted octanol–water partition coefficient (Wildman–Crippen LogP) is 3.59. The second-order valence-electron chi connectivity index (χ2n) is 7.99. The van der Waals surface area contributed by atoms with E-state index in [2.05, 4.69) is 62.3 Å². The molecule has 1 heterocycles. The topological polar surface area (TPSA) is 0 Å². The maximum absolute atomic E-state index is 2.35. The van der Waals surface area contributed by atoms with E-state index >= 15 is 0 Å². The van der Waals surface area contributed by atoms with Gasteiger partial charge in [0.05, 0.1) is 0 Å². The predicted molar refractivity (Wildman–Crippen MR) is 81.9 cm³/mol. The molecule has 0 atom stereocenters. The summed E-state index contributed by atoms with van der Waals surface area (Å²) in [4.78, 5) is 0. The van der Waals surface area contributed by atoms with Crippen molar-refractivity contribution in [2.45, 2.75) is 62.3 Å². The van der Waals surface area contributed by atoms with Gasteiger partial charge in [-0.05, 0) is 16.2 Å². The molecule has 0 aromatic rings. The second-order valence-corrected chi connectivity index (χ2v) is 10.6. The third-order valence-corrected chi connectivity index (χ3v) is 7.53. The van der Waals surface area contributed by atoms with Gasteiger partial charge in [0.1, 0.15) is 0 Å². The Labute approximate surface area is 141 Å². The monoisotopic (exact) mass is 292 g/mol. The molecule has 1 aliphatic heterocycles. The smallest absolute Gasteiger partial charge is 0.0592 e. The first kappa shape index (κ1) is 19.9. The molecule has 1 saturated heterocycles. The van der Waals surface area contributed by atoms with Crippen molar-refractivity contribution in [2.24, 2.45) is 16.2 Å². The Morgan fingerprint density at radius 2 is 0.833 bits per heavy atom. The molecule has 0 saturated carbocycles. The summed E-state index contributed by atoms with van der Waals surface area (Å²) < 4.78 is 0. The molecule has 5 radical (unpaired) electrons. The van der Waals surface area contributed by atoms with Crippen LogP contribution in [0.25, 0.3) is 0 Å². The molecule has 1 aliphatic rings. The molecule has 0 amide bonds. The van der Waals surface area contributed by atoms with Crippen molar-refractivity contribution in [2.75, 3.05) is 0 Å². The van der Waals surface area contributed by atoms with Crippen LogP contribution in [-0.4, -0.2) is 0 Å². The molecule has 97 valence electrons. The van der Waals surface area contributed by atoms with E-state index in [1.165, 1.54) is 17.2 Å². The van der Waals surface area contributed by atoms with Gasteiger partial charge in [-0.3, -0.25) is 0 Å². The van der Waals surface area contributed by atoms with Crippen molar-refractivity contribution in [3.05, 3.63) is 16.7 Å². The fraction of sp³-hybridized carbons (Fsp3) is 0.800. The van der Waals surface area contributed by atoms with Crippen LogP contribution in [-0.2, 0) is 0 Å². The summed E-state index contributed by atoms with van der Waals surface area (Å²) in [5.41, 5.74) is 4.22. The van der Waals surface area contributed by atoms with Crippen LogP contribution < -0.4 is 29.6 Å². The molecular formula is C15H27NaP2+. The Kier molecular flexibility index (Phi) is 6.97. The normalized spacial score (nSPS) is 23.8. The third kappa shape index (κ3) is 5.00. The zero-order valence-electron chi connectivity index (χ0n) is 13.9. The Balaban J connectivity index is 0.00000289. The Morgan fingerprint density at radius 3 is 1.00 bits per heavy atom. The van der Waals surface area contributed by atoms with Gasteiger partial charge in [0.15, 0.2) is 0 Å². The van der Waals surface area contributed by atoms with Gasteiger partial charge in [0, 0.05) is 16.7 Å². The molecular weight excluding hydrogens is 265 g/mol. The first-order valence-electron chi connectivity index (χ1n) is 6.39. The fourth-order valence-electron chi connectivity index (χ4n) is 1.72. The molecule has 0 aliphatic carbocycles. The van der Waals surface area contributed by atoms with Crippen LogP contribution in [0.1, 0.15) is 62.3 Å². The van der Waals surface area contributed by atoms with E-state index in [1.54, 1.807) is 16.7 Å². The van der Waals surface area contributed by atoms with Crippen LogP contribution >= 0.6 is 17.2 Å². The third-order valence-electron chi connectivity index (χ3n) is 2.75. The van der Waals surface area contributed by atoms with E-state index in [1.807, 2.05) is 0 Å². The summed E-state index contributed by atoms with van der Waals surface area (Å²) in [5.74, 6) is 0. The number of hydrogen-bond acceptors (Lipinski definition) is 0. The van der Waals surface area contributed by atoms with Gasteiger partial charge in [-0.15, -0.1) is 0 Å². The molecule has 0 spiro atoms. The minimum atomic E-state index is 0. The van der Waals surface area contributed by atoms with Crippen LogP contribution in [0.5, 0.6) is 0 Å². The van der Waals surface area contributed by atoms with Crippen LogP contribution in [0.3, 0.4) is 0 Å². The average Bonchev–Trinajstić information content (AvgIpc) is 2.42. The van der Waals surface area contributed by atoms with Crippen molar-refractivity contribution < 1.29 is 29.6 Å². The fourth-order valence-corrected chi connectivity index (χ4v) is 5.47. The van der Waals surface area contributed by atoms with Crippen molar-refractivity contribution in [1.29, 1.82) is 0 Å². The van der Waals surface area contributed by atoms with Gasteiger partial charge in [-0.25, -0.2) is 0 Å². The molecule has 0 aromatic heterocycles. The van der Waals surface area contributed by atoms with Gasteiger partial charge in [0.25, 0.3) is 0 Å². The summed E-state index contributed by atoms with van der Waals surface area (Å²) >= 11 is 0. The van der Waals surface area contributed by atoms with Gasteiger partial charge in [-0.2, -0.15) is 0 Å². The molecule has 0 N–H and O–H groups in total. The summed E-state index contributed by atoms with van der Waals surface area (Å²) in [7, 11) is 2.97. The maximum Gasteiger partial charge on any atom is 1.00 e. The summed E-state index contributed by atoms with van der Waals surface area (Å²) in [6, 6.07) is 0. The van der Waals surface area contributed by atoms with E-state index in [-0.39, 0.29) is 29.6 Å². The maximum atomic E-state index is 2.35. The molecule has 1 rings (SSSR count). The van der Waals surface area contributed by atoms with Crippen LogP contribution in [0.4, 0.5) is 0 Å². The zero-order chi connectivity index (χ0) is 13.6. The summed E-state index contributed by atoms with van der Waals surface area (Å²) in [6.45, 7) is 21.1. The molecule has 3 heteroatoms. The summed E-state index contributed by atoms with van der Waals surface area (Å²) in [5, 5.41) is 1.66. The van der Waals surface area contributed by atoms with E-state index in [9.17, 15) is 0 Å². The Hall–Kier alpha value is 1.86. The van der Waals surface area contributed by atoms with Crippen LogP contribution in [0.15, 0.2) is 0 Å². The van der Waals surface area contributed by atoms with Crippen LogP contribution in [0.2, 0.25) is 0 Å². The Bertz CT molecular complexity index is 246. The van der Waals surface area contributed by atoms with Gasteiger partial charge >= 0.3 is 29.6 Å².